The number of nitrogens with one attached hydrogen (secondary N) is 2. The van der Waals surface area contributed by atoms with Gasteiger partial charge in [0.25, 0.3) is 0 Å². The number of aliphatic carboxylic acids is 1. The van der Waals surface area contributed by atoms with Crippen LogP contribution in [0.25, 0.3) is 0 Å². The van der Waals surface area contributed by atoms with Gasteiger partial charge in [0, 0.05) is 6.54 Å². The van der Waals surface area contributed by atoms with E-state index in [2.05, 4.69) is 10.6 Å². The Morgan fingerprint density at radius 1 is 1.25 bits per heavy atom. The van der Waals surface area contributed by atoms with Crippen LogP contribution in [0.4, 0.5) is 4.79 Å². The van der Waals surface area contributed by atoms with E-state index < -0.39 is 17.5 Å². The van der Waals surface area contributed by atoms with Gasteiger partial charge in [-0.25, -0.2) is 9.59 Å². The molecule has 0 aliphatic carbocycles. The second kappa shape index (κ2) is 7.53. The number of carboxylic acid groups (broad SMARTS) is 1. The van der Waals surface area contributed by atoms with E-state index in [1.807, 2.05) is 37.3 Å². The van der Waals surface area contributed by atoms with E-state index in [-0.39, 0.29) is 0 Å². The number of rotatable bonds is 7. The molecule has 5 heteroatoms. The highest BCUT2D eigenvalue weighted by atomic mass is 16.4. The van der Waals surface area contributed by atoms with Gasteiger partial charge in [-0.1, -0.05) is 43.7 Å². The molecule has 1 atom stereocenters. The lowest BCUT2D eigenvalue weighted by atomic mass is 9.97. The van der Waals surface area contributed by atoms with E-state index in [0.29, 0.717) is 25.8 Å². The van der Waals surface area contributed by atoms with E-state index >= 15 is 0 Å². The summed E-state index contributed by atoms with van der Waals surface area (Å²) in [5.74, 6) is -1.02. The minimum Gasteiger partial charge on any atom is -0.480 e. The van der Waals surface area contributed by atoms with Crippen molar-refractivity contribution in [3.8, 4) is 0 Å². The molecular formula is C15H22N2O3. The molecule has 0 aromatic heterocycles. The fourth-order valence-corrected chi connectivity index (χ4v) is 1.98. The summed E-state index contributed by atoms with van der Waals surface area (Å²) in [5, 5.41) is 14.4. The van der Waals surface area contributed by atoms with Crippen molar-refractivity contribution in [1.29, 1.82) is 0 Å². The molecule has 1 aromatic rings. The van der Waals surface area contributed by atoms with Crippen molar-refractivity contribution in [2.45, 2.75) is 38.6 Å². The Labute approximate surface area is 119 Å². The fraction of sp³-hybridized carbons (Fsp3) is 0.467. The lowest BCUT2D eigenvalue weighted by molar-refractivity contribution is -0.144. The SMILES string of the molecule is CCCC(C)(NC(=O)NCCc1ccccc1)C(=O)O. The number of hydrogen-bond acceptors (Lipinski definition) is 2. The summed E-state index contributed by atoms with van der Waals surface area (Å²) in [5.41, 5.74) is -0.0895. The minimum atomic E-state index is -1.22. The standard InChI is InChI=1S/C15H22N2O3/c1-3-10-15(2,13(18)19)17-14(20)16-11-9-12-7-5-4-6-8-12/h4-8H,3,9-11H2,1-2H3,(H,18,19)(H2,16,17,20). The number of benzene rings is 1. The van der Waals surface area contributed by atoms with Crippen LogP contribution in [0.1, 0.15) is 32.3 Å². The molecule has 0 spiro atoms. The van der Waals surface area contributed by atoms with Crippen LogP contribution in [0.5, 0.6) is 0 Å². The average molecular weight is 278 g/mol. The molecular weight excluding hydrogens is 256 g/mol. The maximum Gasteiger partial charge on any atom is 0.329 e. The Balaban J connectivity index is 2.41. The molecule has 0 saturated heterocycles. The summed E-state index contributed by atoms with van der Waals surface area (Å²) in [6.07, 6.45) is 1.80. The molecule has 0 fully saturated rings. The van der Waals surface area contributed by atoms with E-state index in [1.54, 1.807) is 0 Å². The van der Waals surface area contributed by atoms with Gasteiger partial charge >= 0.3 is 12.0 Å². The van der Waals surface area contributed by atoms with Crippen LogP contribution >= 0.6 is 0 Å². The molecule has 0 aliphatic rings. The number of carbonyl (C=O) groups excluding carboxylic acids is 1. The Bertz CT molecular complexity index is 448. The van der Waals surface area contributed by atoms with Gasteiger partial charge in [-0.05, 0) is 25.3 Å². The Kier molecular flexibility index (Phi) is 6.03. The van der Waals surface area contributed by atoms with Crippen molar-refractivity contribution < 1.29 is 14.7 Å². The van der Waals surface area contributed by atoms with Crippen LogP contribution in [-0.4, -0.2) is 29.2 Å². The Hall–Kier alpha value is -2.04. The van der Waals surface area contributed by atoms with Crippen molar-refractivity contribution in [3.05, 3.63) is 35.9 Å². The maximum absolute atomic E-state index is 11.7. The highest BCUT2D eigenvalue weighted by Gasteiger charge is 2.33. The molecule has 0 radical (unpaired) electrons. The molecule has 110 valence electrons. The third-order valence-corrected chi connectivity index (χ3v) is 3.15. The van der Waals surface area contributed by atoms with Crippen molar-refractivity contribution in [3.63, 3.8) is 0 Å². The molecule has 0 aliphatic heterocycles. The van der Waals surface area contributed by atoms with E-state index in [0.717, 1.165) is 5.56 Å². The van der Waals surface area contributed by atoms with Crippen LogP contribution in [0.15, 0.2) is 30.3 Å². The maximum atomic E-state index is 11.7. The monoisotopic (exact) mass is 278 g/mol. The largest absolute Gasteiger partial charge is 0.480 e. The Morgan fingerprint density at radius 2 is 1.90 bits per heavy atom. The van der Waals surface area contributed by atoms with E-state index in [9.17, 15) is 14.7 Å². The fourth-order valence-electron chi connectivity index (χ4n) is 1.98. The van der Waals surface area contributed by atoms with Crippen molar-refractivity contribution >= 4 is 12.0 Å². The quantitative estimate of drug-likeness (QED) is 0.715. The molecule has 1 unspecified atom stereocenters. The molecule has 0 saturated carbocycles. The first kappa shape index (κ1) is 16.0. The Morgan fingerprint density at radius 3 is 2.45 bits per heavy atom. The zero-order valence-electron chi connectivity index (χ0n) is 12.0. The molecule has 5 nitrogen and oxygen atoms in total. The second-order valence-electron chi connectivity index (χ2n) is 5.00. The van der Waals surface area contributed by atoms with Gasteiger partial charge in [0.1, 0.15) is 5.54 Å². The van der Waals surface area contributed by atoms with Crippen LogP contribution < -0.4 is 10.6 Å². The van der Waals surface area contributed by atoms with Gasteiger partial charge < -0.3 is 15.7 Å². The van der Waals surface area contributed by atoms with Gasteiger partial charge in [-0.2, -0.15) is 0 Å². The molecule has 2 amide bonds. The predicted molar refractivity (Wildman–Crippen MR) is 77.6 cm³/mol. The summed E-state index contributed by atoms with van der Waals surface area (Å²) in [6, 6.07) is 9.35. The second-order valence-corrected chi connectivity index (χ2v) is 5.00. The van der Waals surface area contributed by atoms with Crippen molar-refractivity contribution in [2.75, 3.05) is 6.54 Å². The van der Waals surface area contributed by atoms with Crippen LogP contribution in [0.3, 0.4) is 0 Å². The summed E-state index contributed by atoms with van der Waals surface area (Å²) in [7, 11) is 0. The first-order chi connectivity index (χ1) is 9.48. The normalized spacial score (nSPS) is 13.3. The lowest BCUT2D eigenvalue weighted by Gasteiger charge is -2.25. The minimum absolute atomic E-state index is 0.397. The number of hydrogen-bond donors (Lipinski definition) is 3. The topological polar surface area (TPSA) is 78.4 Å². The molecule has 0 heterocycles. The molecule has 1 rings (SSSR count). The van der Waals surface area contributed by atoms with E-state index in [4.69, 9.17) is 0 Å². The zero-order chi connectivity index (χ0) is 15.0. The van der Waals surface area contributed by atoms with Crippen LogP contribution in [0, 0.1) is 0 Å². The predicted octanol–water partition coefficient (Wildman–Crippen LogP) is 2.17. The number of amides is 2. The molecule has 0 bridgehead atoms. The first-order valence-electron chi connectivity index (χ1n) is 6.81. The number of urea groups is 1. The van der Waals surface area contributed by atoms with Crippen LogP contribution in [-0.2, 0) is 11.2 Å². The lowest BCUT2D eigenvalue weighted by Crippen LogP contribution is -2.55. The average Bonchev–Trinajstić information content (AvgIpc) is 2.40. The van der Waals surface area contributed by atoms with Crippen molar-refractivity contribution in [1.82, 2.24) is 10.6 Å². The summed E-state index contributed by atoms with van der Waals surface area (Å²) >= 11 is 0. The van der Waals surface area contributed by atoms with E-state index in [1.165, 1.54) is 6.92 Å². The smallest absolute Gasteiger partial charge is 0.329 e. The van der Waals surface area contributed by atoms with Gasteiger partial charge in [0.05, 0.1) is 0 Å². The van der Waals surface area contributed by atoms with Crippen molar-refractivity contribution in [2.24, 2.45) is 0 Å². The molecule has 20 heavy (non-hydrogen) atoms. The first-order valence-corrected chi connectivity index (χ1v) is 6.81. The third-order valence-electron chi connectivity index (χ3n) is 3.15. The summed E-state index contributed by atoms with van der Waals surface area (Å²) in [4.78, 5) is 22.9. The van der Waals surface area contributed by atoms with Crippen LogP contribution in [0.2, 0.25) is 0 Å². The number of carbonyl (C=O) groups is 2. The molecule has 3 N–H and O–H groups in total. The summed E-state index contributed by atoms with van der Waals surface area (Å²) < 4.78 is 0. The third kappa shape index (κ3) is 4.91. The van der Waals surface area contributed by atoms with Gasteiger partial charge in [0.15, 0.2) is 0 Å². The summed E-state index contributed by atoms with van der Waals surface area (Å²) in [6.45, 7) is 3.88. The molecule has 1 aromatic carbocycles. The highest BCUT2D eigenvalue weighted by molar-refractivity contribution is 5.85. The van der Waals surface area contributed by atoms with Gasteiger partial charge in [-0.3, -0.25) is 0 Å². The van der Waals surface area contributed by atoms with Gasteiger partial charge in [0.2, 0.25) is 0 Å². The zero-order valence-corrected chi connectivity index (χ0v) is 12.0. The number of carboxylic acids is 1. The highest BCUT2D eigenvalue weighted by Crippen LogP contribution is 2.12. The van der Waals surface area contributed by atoms with Gasteiger partial charge in [-0.15, -0.1) is 0 Å².